The Morgan fingerprint density at radius 2 is 1.70 bits per heavy atom. The standard InChI is InChI=1S/C30H36N8O2/c1-40-27-11-10-23(30(39)31-12-15-35-13-6-3-7-14-35)20-26(27)36-16-18-37(19-17-36)28-25-21-34-38(29(25)33-22-32-28)24-8-4-2-5-9-24/h2,4-5,8-11,20-22H,3,6-7,12-19H2,1H3,(H,31,39). The molecule has 1 amide bonds. The second-order valence-corrected chi connectivity index (χ2v) is 10.3. The zero-order chi connectivity index (χ0) is 27.3. The van der Waals surface area contributed by atoms with Gasteiger partial charge in [-0.3, -0.25) is 4.79 Å². The van der Waals surface area contributed by atoms with Gasteiger partial charge in [-0.2, -0.15) is 5.10 Å². The lowest BCUT2D eigenvalue weighted by atomic mass is 10.1. The van der Waals surface area contributed by atoms with E-state index in [1.807, 2.05) is 59.4 Å². The molecule has 40 heavy (non-hydrogen) atoms. The minimum Gasteiger partial charge on any atom is -0.495 e. The summed E-state index contributed by atoms with van der Waals surface area (Å²) in [6, 6.07) is 15.7. The van der Waals surface area contributed by atoms with Crippen LogP contribution in [0.1, 0.15) is 29.6 Å². The van der Waals surface area contributed by atoms with Crippen molar-refractivity contribution in [2.24, 2.45) is 0 Å². The maximum Gasteiger partial charge on any atom is 0.251 e. The number of nitrogens with one attached hydrogen (secondary N) is 1. The van der Waals surface area contributed by atoms with Crippen LogP contribution in [0.5, 0.6) is 5.75 Å². The van der Waals surface area contributed by atoms with E-state index in [-0.39, 0.29) is 5.91 Å². The Bertz CT molecular complexity index is 1440. The molecule has 0 aliphatic carbocycles. The number of rotatable bonds is 8. The molecule has 2 saturated heterocycles. The van der Waals surface area contributed by atoms with Gasteiger partial charge in [-0.15, -0.1) is 0 Å². The molecule has 1 N–H and O–H groups in total. The number of amides is 1. The van der Waals surface area contributed by atoms with Gasteiger partial charge in [0.15, 0.2) is 5.65 Å². The molecule has 2 aromatic heterocycles. The lowest BCUT2D eigenvalue weighted by Crippen LogP contribution is -2.47. The zero-order valence-electron chi connectivity index (χ0n) is 23.0. The number of piperazine rings is 1. The van der Waals surface area contributed by atoms with Gasteiger partial charge >= 0.3 is 0 Å². The molecule has 0 atom stereocenters. The van der Waals surface area contributed by atoms with Crippen LogP contribution in [-0.2, 0) is 0 Å². The van der Waals surface area contributed by atoms with Gasteiger partial charge in [-0.25, -0.2) is 14.6 Å². The summed E-state index contributed by atoms with van der Waals surface area (Å²) < 4.78 is 7.53. The molecule has 0 unspecified atom stereocenters. The van der Waals surface area contributed by atoms with E-state index in [1.165, 1.54) is 19.3 Å². The first kappa shape index (κ1) is 26.1. The highest BCUT2D eigenvalue weighted by atomic mass is 16.5. The van der Waals surface area contributed by atoms with Gasteiger partial charge in [0.05, 0.1) is 30.1 Å². The second-order valence-electron chi connectivity index (χ2n) is 10.3. The van der Waals surface area contributed by atoms with Gasteiger partial charge in [-0.05, 0) is 56.3 Å². The Morgan fingerprint density at radius 1 is 0.925 bits per heavy atom. The summed E-state index contributed by atoms with van der Waals surface area (Å²) in [6.07, 6.45) is 7.28. The fraction of sp³-hybridized carbons (Fsp3) is 0.400. The summed E-state index contributed by atoms with van der Waals surface area (Å²) in [5.41, 5.74) is 3.35. The number of likely N-dealkylation sites (tertiary alicyclic amines) is 1. The van der Waals surface area contributed by atoms with Crippen molar-refractivity contribution in [2.45, 2.75) is 19.3 Å². The molecular weight excluding hydrogens is 504 g/mol. The normalized spacial score (nSPS) is 16.3. The number of carbonyl (C=O) groups excluding carboxylic acids is 1. The lowest BCUT2D eigenvalue weighted by molar-refractivity contribution is 0.0946. The van der Waals surface area contributed by atoms with E-state index in [4.69, 9.17) is 4.74 Å². The van der Waals surface area contributed by atoms with Gasteiger partial charge in [0, 0.05) is 44.8 Å². The SMILES string of the molecule is COc1ccc(C(=O)NCCN2CCCCC2)cc1N1CCN(c2ncnc3c2cnn3-c2ccccc2)CC1. The summed E-state index contributed by atoms with van der Waals surface area (Å²) >= 11 is 0. The highest BCUT2D eigenvalue weighted by Gasteiger charge is 2.24. The fourth-order valence-corrected chi connectivity index (χ4v) is 5.69. The average Bonchev–Trinajstić information content (AvgIpc) is 3.46. The predicted molar refractivity (Wildman–Crippen MR) is 157 cm³/mol. The summed E-state index contributed by atoms with van der Waals surface area (Å²) in [6.45, 7) is 6.92. The average molecular weight is 541 g/mol. The number of benzene rings is 2. The first-order valence-electron chi connectivity index (χ1n) is 14.1. The third kappa shape index (κ3) is 5.44. The van der Waals surface area contributed by atoms with E-state index >= 15 is 0 Å². The van der Waals surface area contributed by atoms with Crippen LogP contribution in [-0.4, -0.2) is 90.0 Å². The number of para-hydroxylation sites is 1. The molecule has 208 valence electrons. The molecule has 4 aromatic rings. The second kappa shape index (κ2) is 11.9. The molecule has 6 rings (SSSR count). The molecule has 0 saturated carbocycles. The molecule has 2 fully saturated rings. The van der Waals surface area contributed by atoms with Gasteiger partial charge in [0.1, 0.15) is 17.9 Å². The van der Waals surface area contributed by atoms with E-state index in [0.29, 0.717) is 12.1 Å². The van der Waals surface area contributed by atoms with E-state index in [1.54, 1.807) is 13.4 Å². The van der Waals surface area contributed by atoms with Crippen LogP contribution in [0.2, 0.25) is 0 Å². The predicted octanol–water partition coefficient (Wildman–Crippen LogP) is 3.37. The van der Waals surface area contributed by atoms with Crippen molar-refractivity contribution in [2.75, 3.05) is 69.3 Å². The zero-order valence-corrected chi connectivity index (χ0v) is 23.0. The van der Waals surface area contributed by atoms with Crippen molar-refractivity contribution in [3.63, 3.8) is 0 Å². The molecule has 10 nitrogen and oxygen atoms in total. The number of fused-ring (bicyclic) bond motifs is 1. The minimum absolute atomic E-state index is 0.0432. The third-order valence-corrected chi connectivity index (χ3v) is 7.87. The van der Waals surface area contributed by atoms with Gasteiger partial charge in [-0.1, -0.05) is 24.6 Å². The number of carbonyl (C=O) groups is 1. The molecule has 0 spiro atoms. The number of ether oxygens (including phenoxy) is 1. The summed E-state index contributed by atoms with van der Waals surface area (Å²) in [7, 11) is 1.68. The number of anilines is 2. The quantitative estimate of drug-likeness (QED) is 0.364. The van der Waals surface area contributed by atoms with Crippen molar-refractivity contribution >= 4 is 28.4 Å². The van der Waals surface area contributed by atoms with Crippen molar-refractivity contribution in [1.29, 1.82) is 0 Å². The van der Waals surface area contributed by atoms with E-state index in [0.717, 1.165) is 79.8 Å². The molecule has 10 heteroatoms. The molecule has 2 aliphatic rings. The Balaban J connectivity index is 1.13. The van der Waals surface area contributed by atoms with Gasteiger partial charge < -0.3 is 24.8 Å². The molecule has 4 heterocycles. The van der Waals surface area contributed by atoms with Crippen molar-refractivity contribution in [1.82, 2.24) is 30.0 Å². The van der Waals surface area contributed by atoms with Gasteiger partial charge in [0.25, 0.3) is 5.91 Å². The topological polar surface area (TPSA) is 91.7 Å². The number of methoxy groups -OCH3 is 1. The smallest absolute Gasteiger partial charge is 0.251 e. The maximum absolute atomic E-state index is 13.0. The van der Waals surface area contributed by atoms with Crippen LogP contribution < -0.4 is 19.9 Å². The molecule has 0 radical (unpaired) electrons. The number of aromatic nitrogens is 4. The highest BCUT2D eigenvalue weighted by molar-refractivity contribution is 5.95. The number of hydrogen-bond donors (Lipinski definition) is 1. The number of piperidine rings is 1. The third-order valence-electron chi connectivity index (χ3n) is 7.87. The summed E-state index contributed by atoms with van der Waals surface area (Å²) in [5.74, 6) is 1.62. The maximum atomic E-state index is 13.0. The largest absolute Gasteiger partial charge is 0.495 e. The van der Waals surface area contributed by atoms with Crippen LogP contribution in [0.15, 0.2) is 61.1 Å². The van der Waals surface area contributed by atoms with Crippen LogP contribution in [0.25, 0.3) is 16.7 Å². The van der Waals surface area contributed by atoms with Crippen LogP contribution >= 0.6 is 0 Å². The number of hydrogen-bond acceptors (Lipinski definition) is 8. The first-order chi connectivity index (χ1) is 19.7. The van der Waals surface area contributed by atoms with E-state index < -0.39 is 0 Å². The number of nitrogens with zero attached hydrogens (tertiary/aromatic N) is 7. The Kier molecular flexibility index (Phi) is 7.76. The Hall–Kier alpha value is -4.18. The Labute approximate surface area is 234 Å². The minimum atomic E-state index is -0.0432. The van der Waals surface area contributed by atoms with Crippen molar-refractivity contribution in [3.8, 4) is 11.4 Å². The summed E-state index contributed by atoms with van der Waals surface area (Å²) in [4.78, 5) is 29.1. The monoisotopic (exact) mass is 540 g/mol. The first-order valence-corrected chi connectivity index (χ1v) is 14.1. The Morgan fingerprint density at radius 3 is 2.48 bits per heavy atom. The van der Waals surface area contributed by atoms with Crippen LogP contribution in [0, 0.1) is 0 Å². The highest BCUT2D eigenvalue weighted by Crippen LogP contribution is 2.32. The summed E-state index contributed by atoms with van der Waals surface area (Å²) in [5, 5.41) is 8.63. The molecule has 2 aliphatic heterocycles. The van der Waals surface area contributed by atoms with Crippen LogP contribution in [0.4, 0.5) is 11.5 Å². The van der Waals surface area contributed by atoms with Gasteiger partial charge in [0.2, 0.25) is 0 Å². The fourth-order valence-electron chi connectivity index (χ4n) is 5.69. The molecule has 0 bridgehead atoms. The van der Waals surface area contributed by atoms with Crippen molar-refractivity contribution < 1.29 is 9.53 Å². The van der Waals surface area contributed by atoms with Crippen LogP contribution in [0.3, 0.4) is 0 Å². The van der Waals surface area contributed by atoms with Crippen molar-refractivity contribution in [3.05, 3.63) is 66.6 Å². The van der Waals surface area contributed by atoms with E-state index in [2.05, 4.69) is 35.1 Å². The lowest BCUT2D eigenvalue weighted by Gasteiger charge is -2.37. The molecular formula is C30H36N8O2. The van der Waals surface area contributed by atoms with E-state index in [9.17, 15) is 4.79 Å². The molecule has 2 aromatic carbocycles.